The van der Waals surface area contributed by atoms with E-state index in [1.54, 1.807) is 6.20 Å². The van der Waals surface area contributed by atoms with Crippen molar-refractivity contribution in [3.8, 4) is 11.1 Å². The first-order valence-corrected chi connectivity index (χ1v) is 11.1. The molecule has 0 unspecified atom stereocenters. The molecule has 3 aromatic rings. The van der Waals surface area contributed by atoms with Crippen LogP contribution in [0.4, 0.5) is 0 Å². The first-order chi connectivity index (χ1) is 15.1. The van der Waals surface area contributed by atoms with E-state index in [4.69, 9.17) is 0 Å². The molecule has 3 atom stereocenters. The zero-order chi connectivity index (χ0) is 21.3. The molecular formula is C27H28N2O2. The summed E-state index contributed by atoms with van der Waals surface area (Å²) in [6.07, 6.45) is 5.98. The molecule has 1 aromatic heterocycles. The van der Waals surface area contributed by atoms with E-state index in [1.165, 1.54) is 5.56 Å². The Labute approximate surface area is 183 Å². The third-order valence-corrected chi connectivity index (χ3v) is 6.88. The predicted octanol–water partition coefficient (Wildman–Crippen LogP) is 4.25. The summed E-state index contributed by atoms with van der Waals surface area (Å²) in [5, 5.41) is 11.1. The molecule has 5 rings (SSSR count). The maximum Gasteiger partial charge on any atom is 0.176 e. The zero-order valence-electron chi connectivity index (χ0n) is 17.7. The molecule has 1 aliphatic heterocycles. The third-order valence-electron chi connectivity index (χ3n) is 6.88. The Bertz CT molecular complexity index is 1020. The van der Waals surface area contributed by atoms with Crippen molar-refractivity contribution >= 4 is 5.78 Å². The van der Waals surface area contributed by atoms with Gasteiger partial charge in [0, 0.05) is 37.5 Å². The second-order valence-electron chi connectivity index (χ2n) is 9.25. The minimum absolute atomic E-state index is 0.164. The van der Waals surface area contributed by atoms with Crippen LogP contribution in [-0.2, 0) is 6.42 Å². The number of aliphatic hydroxyl groups is 1. The Kier molecular flexibility index (Phi) is 5.43. The Morgan fingerprint density at radius 1 is 0.935 bits per heavy atom. The normalized spacial score (nSPS) is 25.5. The number of aromatic nitrogens is 1. The van der Waals surface area contributed by atoms with Crippen molar-refractivity contribution < 1.29 is 9.90 Å². The van der Waals surface area contributed by atoms with Gasteiger partial charge < -0.3 is 5.11 Å². The number of fused-ring (bicyclic) bond motifs is 1. The van der Waals surface area contributed by atoms with Crippen LogP contribution in [0.3, 0.4) is 0 Å². The average Bonchev–Trinajstić information content (AvgIpc) is 3.28. The molecule has 0 spiro atoms. The van der Waals surface area contributed by atoms with Crippen LogP contribution >= 0.6 is 0 Å². The highest BCUT2D eigenvalue weighted by atomic mass is 16.3. The van der Waals surface area contributed by atoms with Crippen LogP contribution in [0.25, 0.3) is 11.1 Å². The Morgan fingerprint density at radius 2 is 1.65 bits per heavy atom. The maximum atomic E-state index is 12.8. The number of hydrogen-bond donors (Lipinski definition) is 1. The summed E-state index contributed by atoms with van der Waals surface area (Å²) in [5.74, 6) is 1.13. The summed E-state index contributed by atoms with van der Waals surface area (Å²) in [7, 11) is 0. The molecule has 1 N–H and O–H groups in total. The number of hydrogen-bond acceptors (Lipinski definition) is 4. The van der Waals surface area contributed by atoms with Crippen molar-refractivity contribution in [2.75, 3.05) is 19.6 Å². The van der Waals surface area contributed by atoms with Gasteiger partial charge in [0.25, 0.3) is 0 Å². The number of ketones is 1. The number of carbonyl (C=O) groups excluding carboxylic acids is 1. The molecule has 0 radical (unpaired) electrons. The fraction of sp³-hybridized carbons (Fsp3) is 0.333. The molecule has 0 bridgehead atoms. The van der Waals surface area contributed by atoms with Crippen LogP contribution in [0.15, 0.2) is 79.1 Å². The first kappa shape index (κ1) is 20.1. The number of carbonyl (C=O) groups is 1. The van der Waals surface area contributed by atoms with Crippen LogP contribution < -0.4 is 0 Å². The Hall–Kier alpha value is -2.82. The van der Waals surface area contributed by atoms with Crippen molar-refractivity contribution in [1.29, 1.82) is 0 Å². The predicted molar refractivity (Wildman–Crippen MR) is 122 cm³/mol. The number of nitrogens with zero attached hydrogens (tertiary/aromatic N) is 2. The molecule has 2 fully saturated rings. The van der Waals surface area contributed by atoms with Gasteiger partial charge in [0.1, 0.15) is 0 Å². The van der Waals surface area contributed by atoms with E-state index in [0.29, 0.717) is 18.4 Å². The second kappa shape index (κ2) is 8.37. The summed E-state index contributed by atoms with van der Waals surface area (Å²) < 4.78 is 0. The van der Waals surface area contributed by atoms with E-state index in [9.17, 15) is 9.90 Å². The summed E-state index contributed by atoms with van der Waals surface area (Å²) in [5.41, 5.74) is 3.47. The molecule has 4 nitrogen and oxygen atoms in total. The second-order valence-corrected chi connectivity index (χ2v) is 9.25. The van der Waals surface area contributed by atoms with E-state index in [-0.39, 0.29) is 5.78 Å². The van der Waals surface area contributed by atoms with E-state index >= 15 is 0 Å². The summed E-state index contributed by atoms with van der Waals surface area (Å²) in [6, 6.07) is 22.0. The Balaban J connectivity index is 1.16. The van der Waals surface area contributed by atoms with Crippen molar-refractivity contribution in [3.05, 3.63) is 90.3 Å². The van der Waals surface area contributed by atoms with Crippen LogP contribution in [-0.4, -0.2) is 46.0 Å². The summed E-state index contributed by atoms with van der Waals surface area (Å²) >= 11 is 0. The number of pyridine rings is 1. The van der Waals surface area contributed by atoms with Gasteiger partial charge in [-0.2, -0.15) is 0 Å². The van der Waals surface area contributed by atoms with Gasteiger partial charge in [-0.05, 0) is 47.4 Å². The number of benzene rings is 2. The fourth-order valence-corrected chi connectivity index (χ4v) is 5.48. The number of rotatable bonds is 6. The van der Waals surface area contributed by atoms with E-state index < -0.39 is 5.60 Å². The van der Waals surface area contributed by atoms with E-state index in [0.717, 1.165) is 49.0 Å². The fourth-order valence-electron chi connectivity index (χ4n) is 5.48. The molecule has 1 saturated heterocycles. The van der Waals surface area contributed by atoms with Gasteiger partial charge in [-0.1, -0.05) is 60.7 Å². The highest BCUT2D eigenvalue weighted by Crippen LogP contribution is 2.45. The maximum absolute atomic E-state index is 12.8. The van der Waals surface area contributed by atoms with Crippen molar-refractivity contribution in [2.45, 2.75) is 24.9 Å². The third kappa shape index (κ3) is 4.46. The lowest BCUT2D eigenvalue weighted by molar-refractivity contribution is 0.0355. The molecular weight excluding hydrogens is 384 g/mol. The number of Topliss-reactive ketones (excluding diaryl/α,β-unsaturated/α-hetero) is 1. The van der Waals surface area contributed by atoms with Crippen molar-refractivity contribution in [2.24, 2.45) is 11.8 Å². The van der Waals surface area contributed by atoms with E-state index in [1.807, 2.05) is 60.8 Å². The molecule has 158 valence electrons. The lowest BCUT2D eigenvalue weighted by atomic mass is 9.91. The highest BCUT2D eigenvalue weighted by Gasteiger charge is 2.48. The van der Waals surface area contributed by atoms with Gasteiger partial charge in [-0.3, -0.25) is 14.7 Å². The monoisotopic (exact) mass is 412 g/mol. The summed E-state index contributed by atoms with van der Waals surface area (Å²) in [6.45, 7) is 2.26. The molecule has 1 saturated carbocycles. The molecule has 0 amide bonds. The van der Waals surface area contributed by atoms with Crippen LogP contribution in [0, 0.1) is 11.8 Å². The largest absolute Gasteiger partial charge is 0.390 e. The standard InChI is InChI=1S/C27H28N2O2/c30-26(22-10-8-21(9-11-22)23-7-4-12-28-16-23)19-29-17-24-14-27(31,15-25(24)18-29)13-20-5-2-1-3-6-20/h1-12,16,24-25,31H,13-15,17-19H2/t24-,25+,27+. The van der Waals surface area contributed by atoms with Gasteiger partial charge in [-0.25, -0.2) is 0 Å². The quantitative estimate of drug-likeness (QED) is 0.615. The van der Waals surface area contributed by atoms with Gasteiger partial charge in [0.2, 0.25) is 0 Å². The minimum Gasteiger partial charge on any atom is -0.390 e. The zero-order valence-corrected chi connectivity index (χ0v) is 17.7. The van der Waals surface area contributed by atoms with Gasteiger partial charge in [-0.15, -0.1) is 0 Å². The Morgan fingerprint density at radius 3 is 2.29 bits per heavy atom. The smallest absolute Gasteiger partial charge is 0.176 e. The van der Waals surface area contributed by atoms with Crippen molar-refractivity contribution in [3.63, 3.8) is 0 Å². The molecule has 1 aliphatic carbocycles. The van der Waals surface area contributed by atoms with Crippen molar-refractivity contribution in [1.82, 2.24) is 9.88 Å². The number of likely N-dealkylation sites (tertiary alicyclic amines) is 1. The van der Waals surface area contributed by atoms with Gasteiger partial charge >= 0.3 is 0 Å². The van der Waals surface area contributed by atoms with Gasteiger partial charge in [0.05, 0.1) is 12.1 Å². The average molecular weight is 413 g/mol. The molecule has 2 aliphatic rings. The first-order valence-electron chi connectivity index (χ1n) is 11.1. The molecule has 31 heavy (non-hydrogen) atoms. The van der Waals surface area contributed by atoms with Crippen LogP contribution in [0.2, 0.25) is 0 Å². The van der Waals surface area contributed by atoms with Gasteiger partial charge in [0.15, 0.2) is 5.78 Å². The van der Waals surface area contributed by atoms with E-state index in [2.05, 4.69) is 22.0 Å². The van der Waals surface area contributed by atoms with Crippen LogP contribution in [0.5, 0.6) is 0 Å². The SMILES string of the molecule is O=C(CN1C[C@@H]2C[C@](O)(Cc3ccccc3)C[C@@H]2C1)c1ccc(-c2cccnc2)cc1. The highest BCUT2D eigenvalue weighted by molar-refractivity contribution is 5.98. The topological polar surface area (TPSA) is 53.4 Å². The lowest BCUT2D eigenvalue weighted by Crippen LogP contribution is -2.34. The van der Waals surface area contributed by atoms with Crippen LogP contribution in [0.1, 0.15) is 28.8 Å². The summed E-state index contributed by atoms with van der Waals surface area (Å²) in [4.78, 5) is 19.3. The molecule has 4 heteroatoms. The molecule has 2 aromatic carbocycles. The minimum atomic E-state index is -0.602. The lowest BCUT2D eigenvalue weighted by Gasteiger charge is -2.26. The molecule has 2 heterocycles.